The van der Waals surface area contributed by atoms with Crippen LogP contribution in [0.2, 0.25) is 0 Å². The minimum atomic E-state index is 0.646. The van der Waals surface area contributed by atoms with Crippen LogP contribution in [-0.2, 0) is 0 Å². The molecule has 1 rings (SSSR count). The smallest absolute Gasteiger partial charge is 0.0635 e. The summed E-state index contributed by atoms with van der Waals surface area (Å²) in [6.07, 6.45) is 0.646. The Kier molecular flexibility index (Phi) is 2.67. The second-order valence-corrected chi connectivity index (χ2v) is 2.70. The molecule has 3 heteroatoms. The Morgan fingerprint density at radius 3 is 2.80 bits per heavy atom. The Hall–Kier alpha value is -0.590. The van der Waals surface area contributed by atoms with E-state index in [4.69, 9.17) is 5.26 Å². The van der Waals surface area contributed by atoms with E-state index >= 15 is 0 Å². The van der Waals surface area contributed by atoms with Crippen molar-refractivity contribution >= 4 is 0 Å². The van der Waals surface area contributed by atoms with Gasteiger partial charge in [-0.15, -0.1) is 0 Å². The summed E-state index contributed by atoms with van der Waals surface area (Å²) in [7, 11) is 2.07. The van der Waals surface area contributed by atoms with Gasteiger partial charge in [0.05, 0.1) is 6.07 Å². The van der Waals surface area contributed by atoms with Crippen molar-refractivity contribution in [2.45, 2.75) is 12.5 Å². The summed E-state index contributed by atoms with van der Waals surface area (Å²) in [4.78, 5) is 2.24. The van der Waals surface area contributed by atoms with Crippen molar-refractivity contribution < 1.29 is 0 Å². The second kappa shape index (κ2) is 3.55. The number of hydrogen-bond acceptors (Lipinski definition) is 3. The Balaban J connectivity index is 2.09. The summed E-state index contributed by atoms with van der Waals surface area (Å²) in [5, 5.41) is 11.5. The molecule has 0 amide bonds. The fourth-order valence-electron chi connectivity index (χ4n) is 0.994. The monoisotopic (exact) mass is 139 g/mol. The minimum absolute atomic E-state index is 0.646. The van der Waals surface area contributed by atoms with Crippen molar-refractivity contribution in [2.24, 2.45) is 0 Å². The molecule has 0 spiro atoms. The summed E-state index contributed by atoms with van der Waals surface area (Å²) in [6.45, 7) is 3.08. The highest BCUT2D eigenvalue weighted by molar-refractivity contribution is 4.84. The van der Waals surface area contributed by atoms with E-state index in [1.807, 2.05) is 0 Å². The predicted octanol–water partition coefficient (Wildman–Crippen LogP) is -0.196. The second-order valence-electron chi connectivity index (χ2n) is 2.70. The number of hydrogen-bond donors (Lipinski definition) is 1. The van der Waals surface area contributed by atoms with E-state index in [-0.39, 0.29) is 0 Å². The molecule has 1 aliphatic heterocycles. The molecule has 1 saturated heterocycles. The molecule has 1 aliphatic rings. The van der Waals surface area contributed by atoms with Gasteiger partial charge in [0.25, 0.3) is 0 Å². The highest BCUT2D eigenvalue weighted by Gasteiger charge is 2.20. The fraction of sp³-hybridized carbons (Fsp3) is 0.857. The van der Waals surface area contributed by atoms with Gasteiger partial charge in [0, 0.05) is 32.1 Å². The maximum Gasteiger partial charge on any atom is 0.0635 e. The highest BCUT2D eigenvalue weighted by Crippen LogP contribution is 2.01. The van der Waals surface area contributed by atoms with E-state index in [1.165, 1.54) is 0 Å². The molecule has 56 valence electrons. The van der Waals surface area contributed by atoms with E-state index in [9.17, 15) is 0 Å². The minimum Gasteiger partial charge on any atom is -0.314 e. The molecule has 0 aromatic rings. The van der Waals surface area contributed by atoms with E-state index in [2.05, 4.69) is 23.3 Å². The molecule has 0 saturated carbocycles. The van der Waals surface area contributed by atoms with Crippen LogP contribution in [0.25, 0.3) is 0 Å². The molecule has 0 radical (unpaired) electrons. The first-order chi connectivity index (χ1) is 4.84. The summed E-state index contributed by atoms with van der Waals surface area (Å²) in [5.41, 5.74) is 0. The number of nitriles is 1. The van der Waals surface area contributed by atoms with Gasteiger partial charge in [-0.2, -0.15) is 5.26 Å². The van der Waals surface area contributed by atoms with Gasteiger partial charge in [-0.3, -0.25) is 4.90 Å². The molecule has 10 heavy (non-hydrogen) atoms. The van der Waals surface area contributed by atoms with Gasteiger partial charge in [-0.25, -0.2) is 0 Å². The van der Waals surface area contributed by atoms with Gasteiger partial charge in [0.15, 0.2) is 0 Å². The van der Waals surface area contributed by atoms with Gasteiger partial charge in [-0.1, -0.05) is 0 Å². The molecule has 0 aliphatic carbocycles. The lowest BCUT2D eigenvalue weighted by Gasteiger charge is -2.35. The zero-order valence-electron chi connectivity index (χ0n) is 6.30. The Bertz CT molecular complexity index is 134. The summed E-state index contributed by atoms with van der Waals surface area (Å²) in [5.74, 6) is 0. The third kappa shape index (κ3) is 1.69. The van der Waals surface area contributed by atoms with Crippen LogP contribution in [0.5, 0.6) is 0 Å². The summed E-state index contributed by atoms with van der Waals surface area (Å²) < 4.78 is 0. The van der Waals surface area contributed by atoms with E-state index in [0.717, 1.165) is 19.6 Å². The standard InChI is InChI=1S/C7H13N3/c1-10(4-2-3-8)7-5-9-6-7/h7,9H,2,4-6H2,1H3. The van der Waals surface area contributed by atoms with Gasteiger partial charge < -0.3 is 5.32 Å². The number of likely N-dealkylation sites (N-methyl/N-ethyl adjacent to an activating group) is 1. The highest BCUT2D eigenvalue weighted by atomic mass is 15.2. The maximum atomic E-state index is 8.30. The molecule has 0 aromatic carbocycles. The van der Waals surface area contributed by atoms with Crippen LogP contribution >= 0.6 is 0 Å². The molecule has 0 bridgehead atoms. The van der Waals surface area contributed by atoms with Crippen LogP contribution in [0.4, 0.5) is 0 Å². The third-order valence-electron chi connectivity index (χ3n) is 1.96. The largest absolute Gasteiger partial charge is 0.314 e. The van der Waals surface area contributed by atoms with Crippen LogP contribution in [0, 0.1) is 11.3 Å². The first kappa shape index (κ1) is 7.52. The molecule has 0 atom stereocenters. The zero-order valence-corrected chi connectivity index (χ0v) is 6.30. The molecular weight excluding hydrogens is 126 g/mol. The maximum absolute atomic E-state index is 8.30. The Morgan fingerprint density at radius 2 is 2.40 bits per heavy atom. The molecule has 0 unspecified atom stereocenters. The van der Waals surface area contributed by atoms with Crippen molar-refractivity contribution in [1.29, 1.82) is 5.26 Å². The first-order valence-electron chi connectivity index (χ1n) is 3.62. The average molecular weight is 139 g/mol. The molecule has 1 heterocycles. The van der Waals surface area contributed by atoms with Crippen molar-refractivity contribution in [3.05, 3.63) is 0 Å². The fourth-order valence-corrected chi connectivity index (χ4v) is 0.994. The molecular formula is C7H13N3. The van der Waals surface area contributed by atoms with Crippen molar-refractivity contribution in [1.82, 2.24) is 10.2 Å². The zero-order chi connectivity index (χ0) is 7.40. The average Bonchev–Trinajstić information content (AvgIpc) is 1.79. The molecule has 1 fully saturated rings. The lowest BCUT2D eigenvalue weighted by Crippen LogP contribution is -2.55. The van der Waals surface area contributed by atoms with Gasteiger partial charge in [-0.05, 0) is 7.05 Å². The normalized spacial score (nSPS) is 18.5. The van der Waals surface area contributed by atoms with Gasteiger partial charge in [0.1, 0.15) is 0 Å². The number of rotatable bonds is 3. The van der Waals surface area contributed by atoms with Crippen LogP contribution in [0.3, 0.4) is 0 Å². The van der Waals surface area contributed by atoms with E-state index in [0.29, 0.717) is 12.5 Å². The topological polar surface area (TPSA) is 39.1 Å². The van der Waals surface area contributed by atoms with Crippen LogP contribution in [-0.4, -0.2) is 37.6 Å². The van der Waals surface area contributed by atoms with Crippen LogP contribution < -0.4 is 5.32 Å². The third-order valence-corrected chi connectivity index (χ3v) is 1.96. The summed E-state index contributed by atoms with van der Waals surface area (Å²) in [6, 6.07) is 2.81. The van der Waals surface area contributed by atoms with Crippen molar-refractivity contribution in [3.8, 4) is 6.07 Å². The first-order valence-corrected chi connectivity index (χ1v) is 3.62. The van der Waals surface area contributed by atoms with E-state index < -0.39 is 0 Å². The van der Waals surface area contributed by atoms with Crippen LogP contribution in [0.15, 0.2) is 0 Å². The predicted molar refractivity (Wildman–Crippen MR) is 39.5 cm³/mol. The van der Waals surface area contributed by atoms with Crippen LogP contribution in [0.1, 0.15) is 6.42 Å². The Labute approximate surface area is 61.6 Å². The SMILES string of the molecule is CN(CCC#N)C1CNC1. The molecule has 3 nitrogen and oxygen atoms in total. The van der Waals surface area contributed by atoms with Gasteiger partial charge >= 0.3 is 0 Å². The lowest BCUT2D eigenvalue weighted by molar-refractivity contribution is 0.184. The van der Waals surface area contributed by atoms with E-state index in [1.54, 1.807) is 0 Å². The van der Waals surface area contributed by atoms with Crippen molar-refractivity contribution in [3.63, 3.8) is 0 Å². The lowest BCUT2D eigenvalue weighted by atomic mass is 10.1. The Morgan fingerprint density at radius 1 is 1.70 bits per heavy atom. The van der Waals surface area contributed by atoms with Crippen molar-refractivity contribution in [2.75, 3.05) is 26.7 Å². The number of nitrogens with one attached hydrogen (secondary N) is 1. The molecule has 0 aromatic heterocycles. The van der Waals surface area contributed by atoms with Gasteiger partial charge in [0.2, 0.25) is 0 Å². The molecule has 1 N–H and O–H groups in total. The summed E-state index contributed by atoms with van der Waals surface area (Å²) >= 11 is 0. The quantitative estimate of drug-likeness (QED) is 0.588. The number of nitrogens with zero attached hydrogens (tertiary/aromatic N) is 2.